The van der Waals surface area contributed by atoms with Crippen LogP contribution in [0.4, 0.5) is 0 Å². The van der Waals surface area contributed by atoms with Gasteiger partial charge in [0.25, 0.3) is 5.91 Å². The molecule has 2 aliphatic rings. The van der Waals surface area contributed by atoms with Crippen molar-refractivity contribution in [3.63, 3.8) is 0 Å². The molecule has 9 nitrogen and oxygen atoms in total. The Morgan fingerprint density at radius 2 is 1.65 bits per heavy atom. The minimum atomic E-state index is -0.300. The first-order valence-electron chi connectivity index (χ1n) is 12.0. The third-order valence-electron chi connectivity index (χ3n) is 6.45. The van der Waals surface area contributed by atoms with Gasteiger partial charge >= 0.3 is 5.97 Å². The summed E-state index contributed by atoms with van der Waals surface area (Å²) in [4.78, 5) is 55.0. The van der Waals surface area contributed by atoms with Crippen molar-refractivity contribution >= 4 is 23.7 Å². The zero-order chi connectivity index (χ0) is 24.5. The smallest absolute Gasteiger partial charge is 0.310 e. The molecule has 0 bridgehead atoms. The second kappa shape index (κ2) is 12.4. The van der Waals surface area contributed by atoms with Crippen LogP contribution < -0.4 is 4.74 Å². The number of hydrogen-bond acceptors (Lipinski definition) is 6. The zero-order valence-electron chi connectivity index (χ0n) is 20.1. The fourth-order valence-electron chi connectivity index (χ4n) is 4.48. The Hall–Kier alpha value is -3.10. The van der Waals surface area contributed by atoms with E-state index in [4.69, 9.17) is 9.47 Å². The monoisotopic (exact) mass is 473 g/mol. The number of nitrogens with zero attached hydrogens (tertiary/aromatic N) is 3. The van der Waals surface area contributed by atoms with Crippen molar-refractivity contribution in [1.82, 2.24) is 14.7 Å². The lowest BCUT2D eigenvalue weighted by Gasteiger charge is -2.35. The highest BCUT2D eigenvalue weighted by Crippen LogP contribution is 2.21. The van der Waals surface area contributed by atoms with Crippen molar-refractivity contribution in [1.29, 1.82) is 0 Å². The SMILES string of the molecule is CCOC(=O)C1CCCN(C(=O)CN(C)C(=O)C2CCN(C(=O)COc3ccccc3)CC2)C1. The summed E-state index contributed by atoms with van der Waals surface area (Å²) >= 11 is 0. The summed E-state index contributed by atoms with van der Waals surface area (Å²) in [5.41, 5.74) is 0. The molecular formula is C25H35N3O6. The van der Waals surface area contributed by atoms with Gasteiger partial charge in [0, 0.05) is 39.1 Å². The predicted octanol–water partition coefficient (Wildman–Crippen LogP) is 1.56. The summed E-state index contributed by atoms with van der Waals surface area (Å²) in [6.07, 6.45) is 2.57. The second-order valence-corrected chi connectivity index (χ2v) is 8.88. The minimum absolute atomic E-state index is 0.0154. The molecule has 3 amide bonds. The highest BCUT2D eigenvalue weighted by atomic mass is 16.5. The Balaban J connectivity index is 1.41. The highest BCUT2D eigenvalue weighted by Gasteiger charge is 2.32. The molecule has 0 spiro atoms. The van der Waals surface area contributed by atoms with Gasteiger partial charge in [0.15, 0.2) is 6.61 Å². The van der Waals surface area contributed by atoms with Crippen LogP contribution in [-0.4, -0.2) is 91.4 Å². The quantitative estimate of drug-likeness (QED) is 0.532. The van der Waals surface area contributed by atoms with Crippen LogP contribution >= 0.6 is 0 Å². The van der Waals surface area contributed by atoms with E-state index in [9.17, 15) is 19.2 Å². The lowest BCUT2D eigenvalue weighted by Crippen LogP contribution is -2.49. The average molecular weight is 474 g/mol. The summed E-state index contributed by atoms with van der Waals surface area (Å²) in [6, 6.07) is 9.19. The molecule has 3 rings (SSSR count). The molecule has 2 saturated heterocycles. The van der Waals surface area contributed by atoms with Gasteiger partial charge in [-0.3, -0.25) is 19.2 Å². The molecule has 2 aliphatic heterocycles. The van der Waals surface area contributed by atoms with Crippen molar-refractivity contribution in [3.05, 3.63) is 30.3 Å². The van der Waals surface area contributed by atoms with E-state index >= 15 is 0 Å². The maximum absolute atomic E-state index is 12.9. The number of para-hydroxylation sites is 1. The summed E-state index contributed by atoms with van der Waals surface area (Å²) < 4.78 is 10.6. The van der Waals surface area contributed by atoms with Gasteiger partial charge < -0.3 is 24.2 Å². The number of carbonyl (C=O) groups excluding carboxylic acids is 4. The molecule has 2 fully saturated rings. The van der Waals surface area contributed by atoms with Gasteiger partial charge in [0.1, 0.15) is 5.75 Å². The van der Waals surface area contributed by atoms with E-state index in [-0.39, 0.29) is 48.7 Å². The molecule has 0 aliphatic carbocycles. The number of esters is 1. The Morgan fingerprint density at radius 1 is 0.941 bits per heavy atom. The molecule has 1 atom stereocenters. The van der Waals surface area contributed by atoms with Crippen molar-refractivity contribution < 1.29 is 28.7 Å². The number of rotatable bonds is 8. The zero-order valence-corrected chi connectivity index (χ0v) is 20.1. The van der Waals surface area contributed by atoms with Gasteiger partial charge in [-0.25, -0.2) is 0 Å². The topological polar surface area (TPSA) is 96.5 Å². The number of ether oxygens (including phenoxy) is 2. The van der Waals surface area contributed by atoms with Crippen molar-refractivity contribution in [2.24, 2.45) is 11.8 Å². The van der Waals surface area contributed by atoms with Gasteiger partial charge in [0.2, 0.25) is 11.8 Å². The maximum Gasteiger partial charge on any atom is 0.310 e. The van der Waals surface area contributed by atoms with Gasteiger partial charge in [-0.05, 0) is 44.7 Å². The van der Waals surface area contributed by atoms with E-state index < -0.39 is 0 Å². The molecule has 9 heteroatoms. The molecule has 34 heavy (non-hydrogen) atoms. The summed E-state index contributed by atoms with van der Waals surface area (Å²) in [5.74, 6) is -0.471. The van der Waals surface area contributed by atoms with Crippen LogP contribution in [0.5, 0.6) is 5.75 Å². The Morgan fingerprint density at radius 3 is 2.32 bits per heavy atom. The van der Waals surface area contributed by atoms with Gasteiger partial charge in [-0.1, -0.05) is 18.2 Å². The lowest BCUT2D eigenvalue weighted by molar-refractivity contribution is -0.152. The van der Waals surface area contributed by atoms with Crippen LogP contribution in [0.25, 0.3) is 0 Å². The van der Waals surface area contributed by atoms with Crippen molar-refractivity contribution in [2.45, 2.75) is 32.6 Å². The Labute approximate surface area is 201 Å². The Bertz CT molecular complexity index is 853. The molecular weight excluding hydrogens is 438 g/mol. The van der Waals surface area contributed by atoms with Crippen LogP contribution in [0.15, 0.2) is 30.3 Å². The molecule has 186 valence electrons. The van der Waals surface area contributed by atoms with Crippen LogP contribution in [0.1, 0.15) is 32.6 Å². The third kappa shape index (κ3) is 6.95. The number of carbonyl (C=O) groups is 4. The second-order valence-electron chi connectivity index (χ2n) is 8.88. The molecule has 0 radical (unpaired) electrons. The molecule has 0 saturated carbocycles. The predicted molar refractivity (Wildman–Crippen MR) is 125 cm³/mol. The highest BCUT2D eigenvalue weighted by molar-refractivity contribution is 5.86. The molecule has 2 heterocycles. The fourth-order valence-corrected chi connectivity index (χ4v) is 4.48. The summed E-state index contributed by atoms with van der Waals surface area (Å²) in [7, 11) is 1.64. The molecule has 1 aromatic carbocycles. The van der Waals surface area contributed by atoms with E-state index in [2.05, 4.69) is 0 Å². The summed E-state index contributed by atoms with van der Waals surface area (Å²) in [5, 5.41) is 0. The minimum Gasteiger partial charge on any atom is -0.484 e. The lowest BCUT2D eigenvalue weighted by atomic mass is 9.95. The van der Waals surface area contributed by atoms with Gasteiger partial charge in [-0.2, -0.15) is 0 Å². The van der Waals surface area contributed by atoms with Crippen LogP contribution in [-0.2, 0) is 23.9 Å². The van der Waals surface area contributed by atoms with Crippen LogP contribution in [0, 0.1) is 11.8 Å². The van der Waals surface area contributed by atoms with Crippen LogP contribution in [0.3, 0.4) is 0 Å². The number of piperidine rings is 2. The normalized spacial score (nSPS) is 18.8. The van der Waals surface area contributed by atoms with Crippen LogP contribution in [0.2, 0.25) is 0 Å². The fraction of sp³-hybridized carbons (Fsp3) is 0.600. The standard InChI is InChI=1S/C25H35N3O6/c1-3-33-25(32)20-8-7-13-28(16-20)22(29)17-26(2)24(31)19-11-14-27(15-12-19)23(30)18-34-21-9-5-4-6-10-21/h4-6,9-10,19-20H,3,7-8,11-18H2,1-2H3. The van der Waals surface area contributed by atoms with Gasteiger partial charge in [-0.15, -0.1) is 0 Å². The molecule has 1 aromatic rings. The first-order valence-corrected chi connectivity index (χ1v) is 12.0. The number of likely N-dealkylation sites (tertiary alicyclic amines) is 2. The Kier molecular flexibility index (Phi) is 9.30. The summed E-state index contributed by atoms with van der Waals surface area (Å²) in [6.45, 7) is 3.95. The molecule has 1 unspecified atom stereocenters. The number of likely N-dealkylation sites (N-methyl/N-ethyl adjacent to an activating group) is 1. The molecule has 0 N–H and O–H groups in total. The van der Waals surface area contributed by atoms with E-state index in [0.717, 1.165) is 6.42 Å². The largest absolute Gasteiger partial charge is 0.484 e. The van der Waals surface area contributed by atoms with Gasteiger partial charge in [0.05, 0.1) is 19.1 Å². The van der Waals surface area contributed by atoms with Crippen molar-refractivity contribution in [3.8, 4) is 5.75 Å². The number of hydrogen-bond donors (Lipinski definition) is 0. The van der Waals surface area contributed by atoms with E-state index in [1.54, 1.807) is 35.9 Å². The van der Waals surface area contributed by atoms with E-state index in [0.29, 0.717) is 57.8 Å². The third-order valence-corrected chi connectivity index (χ3v) is 6.45. The number of benzene rings is 1. The molecule has 0 aromatic heterocycles. The average Bonchev–Trinajstić information content (AvgIpc) is 2.87. The van der Waals surface area contributed by atoms with Crippen molar-refractivity contribution in [2.75, 3.05) is 53.0 Å². The first-order chi connectivity index (χ1) is 16.4. The van der Waals surface area contributed by atoms with E-state index in [1.807, 2.05) is 18.2 Å². The number of amides is 3. The maximum atomic E-state index is 12.9. The first kappa shape index (κ1) is 25.5. The van der Waals surface area contributed by atoms with E-state index in [1.165, 1.54) is 4.90 Å².